The van der Waals surface area contributed by atoms with E-state index in [2.05, 4.69) is 38.4 Å². The number of nitrogens with zero attached hydrogens (tertiary/aromatic N) is 1. The lowest BCUT2D eigenvalue weighted by atomic mass is 10.0. The quantitative estimate of drug-likeness (QED) is 0.558. The molecule has 0 aromatic heterocycles. The van der Waals surface area contributed by atoms with Crippen LogP contribution in [0.3, 0.4) is 0 Å². The Kier molecular flexibility index (Phi) is 7.41. The molecular weight excluding hydrogens is 382 g/mol. The maximum atomic E-state index is 6.07. The van der Waals surface area contributed by atoms with Crippen molar-refractivity contribution in [2.75, 3.05) is 31.5 Å². The van der Waals surface area contributed by atoms with E-state index in [9.17, 15) is 0 Å². The molecule has 1 aliphatic rings. The maximum Gasteiger partial charge on any atom is 0.170 e. The first kappa shape index (κ1) is 18.0. The molecule has 0 aliphatic carbocycles. The molecule has 1 atom stereocenters. The number of benzene rings is 1. The summed E-state index contributed by atoms with van der Waals surface area (Å²) in [5.74, 6) is 0.839. The zero-order chi connectivity index (χ0) is 15.9. The average molecular weight is 405 g/mol. The van der Waals surface area contributed by atoms with Gasteiger partial charge in [-0.25, -0.2) is 0 Å². The third kappa shape index (κ3) is 6.03. The molecule has 1 unspecified atom stereocenters. The highest BCUT2D eigenvalue weighted by atomic mass is 79.9. The van der Waals surface area contributed by atoms with Gasteiger partial charge in [0.15, 0.2) is 5.11 Å². The first-order chi connectivity index (χ1) is 10.5. The summed E-state index contributed by atoms with van der Waals surface area (Å²) in [6, 6.07) is 5.71. The summed E-state index contributed by atoms with van der Waals surface area (Å²) in [5.41, 5.74) is 0.899. The number of nitrogens with one attached hydrogen (secondary N) is 2. The first-order valence-corrected chi connectivity index (χ1v) is 9.35. The highest BCUT2D eigenvalue weighted by Crippen LogP contribution is 2.25. The number of rotatable bonds is 5. The van der Waals surface area contributed by atoms with Gasteiger partial charge in [-0.3, -0.25) is 0 Å². The molecule has 122 valence electrons. The number of thiocarbonyl (C=S) groups is 1. The molecule has 2 rings (SSSR count). The van der Waals surface area contributed by atoms with Gasteiger partial charge in [-0.05, 0) is 84.6 Å². The maximum absolute atomic E-state index is 6.07. The van der Waals surface area contributed by atoms with Crippen LogP contribution in [0.4, 0.5) is 5.69 Å². The minimum Gasteiger partial charge on any atom is -0.362 e. The van der Waals surface area contributed by atoms with Crippen molar-refractivity contribution >= 4 is 50.5 Å². The van der Waals surface area contributed by atoms with Crippen molar-refractivity contribution in [2.45, 2.75) is 26.2 Å². The molecule has 1 aromatic carbocycles. The molecule has 1 saturated heterocycles. The Bertz CT molecular complexity index is 512. The van der Waals surface area contributed by atoms with Gasteiger partial charge in [0.1, 0.15) is 0 Å². The largest absolute Gasteiger partial charge is 0.362 e. The molecule has 1 fully saturated rings. The standard InChI is InChI=1S/C16H23BrClN3S/c1-12-4-2-8-21(11-12)9-3-7-19-16(22)20-13-5-6-14(17)15(18)10-13/h5-6,10,12H,2-4,7-9,11H2,1H3,(H2,19,20,22). The smallest absolute Gasteiger partial charge is 0.170 e. The molecule has 0 saturated carbocycles. The zero-order valence-corrected chi connectivity index (χ0v) is 16.0. The fourth-order valence-corrected chi connectivity index (χ4v) is 3.39. The van der Waals surface area contributed by atoms with Crippen LogP contribution in [0, 0.1) is 5.92 Å². The molecule has 0 spiro atoms. The van der Waals surface area contributed by atoms with E-state index in [1.165, 1.54) is 25.9 Å². The van der Waals surface area contributed by atoms with Gasteiger partial charge in [0.25, 0.3) is 0 Å². The lowest BCUT2D eigenvalue weighted by Crippen LogP contribution is -2.37. The van der Waals surface area contributed by atoms with Crippen molar-refractivity contribution in [1.82, 2.24) is 10.2 Å². The normalized spacial score (nSPS) is 19.0. The minimum absolute atomic E-state index is 0.644. The van der Waals surface area contributed by atoms with E-state index in [-0.39, 0.29) is 0 Å². The monoisotopic (exact) mass is 403 g/mol. The Morgan fingerprint density at radius 2 is 2.32 bits per heavy atom. The second-order valence-corrected chi connectivity index (χ2v) is 7.58. The molecule has 0 bridgehead atoms. The van der Waals surface area contributed by atoms with E-state index in [0.29, 0.717) is 10.1 Å². The van der Waals surface area contributed by atoms with E-state index in [1.54, 1.807) is 0 Å². The third-order valence-electron chi connectivity index (χ3n) is 3.86. The molecular formula is C16H23BrClN3S. The third-order valence-corrected chi connectivity index (χ3v) is 5.33. The van der Waals surface area contributed by atoms with E-state index in [4.69, 9.17) is 23.8 Å². The molecule has 0 amide bonds. The van der Waals surface area contributed by atoms with E-state index >= 15 is 0 Å². The summed E-state index contributed by atoms with van der Waals surface area (Å²) in [7, 11) is 0. The predicted octanol–water partition coefficient (Wildman–Crippen LogP) is 4.51. The number of halogens is 2. The SMILES string of the molecule is CC1CCCN(CCCNC(=S)Nc2ccc(Br)c(Cl)c2)C1. The van der Waals surface area contributed by atoms with E-state index in [0.717, 1.165) is 35.6 Å². The van der Waals surface area contributed by atoms with Crippen LogP contribution in [0.5, 0.6) is 0 Å². The predicted molar refractivity (Wildman–Crippen MR) is 103 cm³/mol. The van der Waals surface area contributed by atoms with Gasteiger partial charge in [0.2, 0.25) is 0 Å². The molecule has 1 heterocycles. The van der Waals surface area contributed by atoms with Gasteiger partial charge in [-0.1, -0.05) is 18.5 Å². The highest BCUT2D eigenvalue weighted by Gasteiger charge is 2.15. The van der Waals surface area contributed by atoms with Gasteiger partial charge < -0.3 is 15.5 Å². The van der Waals surface area contributed by atoms with Gasteiger partial charge in [-0.15, -0.1) is 0 Å². The number of piperidine rings is 1. The molecule has 22 heavy (non-hydrogen) atoms. The van der Waals surface area contributed by atoms with Crippen LogP contribution in [-0.2, 0) is 0 Å². The summed E-state index contributed by atoms with van der Waals surface area (Å²) in [4.78, 5) is 2.56. The van der Waals surface area contributed by atoms with Crippen molar-refractivity contribution in [1.29, 1.82) is 0 Å². The van der Waals surface area contributed by atoms with Crippen molar-refractivity contribution in [2.24, 2.45) is 5.92 Å². The lowest BCUT2D eigenvalue weighted by molar-refractivity contribution is 0.182. The Morgan fingerprint density at radius 1 is 1.50 bits per heavy atom. The van der Waals surface area contributed by atoms with Crippen LogP contribution in [-0.4, -0.2) is 36.2 Å². The summed E-state index contributed by atoms with van der Waals surface area (Å²) >= 11 is 14.8. The Labute approximate surface area is 151 Å². The fraction of sp³-hybridized carbons (Fsp3) is 0.562. The molecule has 6 heteroatoms. The molecule has 1 aliphatic heterocycles. The zero-order valence-electron chi connectivity index (χ0n) is 12.9. The second kappa shape index (κ2) is 9.06. The van der Waals surface area contributed by atoms with Crippen molar-refractivity contribution < 1.29 is 0 Å². The number of anilines is 1. The van der Waals surface area contributed by atoms with Gasteiger partial charge in [-0.2, -0.15) is 0 Å². The van der Waals surface area contributed by atoms with Crippen LogP contribution < -0.4 is 10.6 Å². The molecule has 2 N–H and O–H groups in total. The van der Waals surface area contributed by atoms with Crippen molar-refractivity contribution in [3.05, 3.63) is 27.7 Å². The van der Waals surface area contributed by atoms with E-state index < -0.39 is 0 Å². The Hall–Kier alpha value is -0.360. The number of hydrogen-bond acceptors (Lipinski definition) is 2. The van der Waals surface area contributed by atoms with E-state index in [1.807, 2.05) is 18.2 Å². The van der Waals surface area contributed by atoms with Crippen molar-refractivity contribution in [3.63, 3.8) is 0 Å². The topological polar surface area (TPSA) is 27.3 Å². The summed E-state index contributed by atoms with van der Waals surface area (Å²) in [5, 5.41) is 7.73. The van der Waals surface area contributed by atoms with Crippen LogP contribution in [0.25, 0.3) is 0 Å². The van der Waals surface area contributed by atoms with Gasteiger partial charge in [0, 0.05) is 23.2 Å². The van der Waals surface area contributed by atoms with Gasteiger partial charge >= 0.3 is 0 Å². The van der Waals surface area contributed by atoms with Crippen LogP contribution in [0.15, 0.2) is 22.7 Å². The minimum atomic E-state index is 0.644. The Balaban J connectivity index is 1.64. The first-order valence-electron chi connectivity index (χ1n) is 7.77. The van der Waals surface area contributed by atoms with Crippen LogP contribution in [0.1, 0.15) is 26.2 Å². The number of hydrogen-bond donors (Lipinski definition) is 2. The van der Waals surface area contributed by atoms with Crippen LogP contribution in [0.2, 0.25) is 5.02 Å². The second-order valence-electron chi connectivity index (χ2n) is 5.91. The Morgan fingerprint density at radius 3 is 3.05 bits per heavy atom. The summed E-state index contributed by atoms with van der Waals surface area (Å²) < 4.78 is 0.884. The van der Waals surface area contributed by atoms with Crippen LogP contribution >= 0.6 is 39.7 Å². The number of likely N-dealkylation sites (tertiary alicyclic amines) is 1. The highest BCUT2D eigenvalue weighted by molar-refractivity contribution is 9.10. The summed E-state index contributed by atoms with van der Waals surface area (Å²) in [6.45, 7) is 6.85. The molecule has 0 radical (unpaired) electrons. The average Bonchev–Trinajstić information content (AvgIpc) is 2.48. The molecule has 1 aromatic rings. The molecule has 3 nitrogen and oxygen atoms in total. The van der Waals surface area contributed by atoms with Gasteiger partial charge in [0.05, 0.1) is 5.02 Å². The lowest BCUT2D eigenvalue weighted by Gasteiger charge is -2.30. The fourth-order valence-electron chi connectivity index (χ4n) is 2.74. The summed E-state index contributed by atoms with van der Waals surface area (Å²) in [6.07, 6.45) is 3.81. The van der Waals surface area contributed by atoms with Crippen molar-refractivity contribution in [3.8, 4) is 0 Å².